The molecule has 0 bridgehead atoms. The minimum absolute atomic E-state index is 0.131. The molecule has 0 saturated heterocycles. The van der Waals surface area contributed by atoms with Crippen LogP contribution in [0, 0.1) is 5.41 Å². The summed E-state index contributed by atoms with van der Waals surface area (Å²) in [7, 11) is 0. The summed E-state index contributed by atoms with van der Waals surface area (Å²) in [5.41, 5.74) is 8.02. The highest BCUT2D eigenvalue weighted by atomic mass is 15.1. The highest BCUT2D eigenvalue weighted by Crippen LogP contribution is 2.12. The molecule has 0 aliphatic carbocycles. The van der Waals surface area contributed by atoms with Crippen LogP contribution in [0.1, 0.15) is 20.8 Å². The molecule has 46 valence electrons. The number of hydrogen-bond donors (Lipinski definition) is 0. The van der Waals surface area contributed by atoms with Gasteiger partial charge in [0.2, 0.25) is 0 Å². The molecule has 0 unspecified atom stereocenters. The molecule has 0 fully saturated rings. The summed E-state index contributed by atoms with van der Waals surface area (Å²) in [6.45, 7) is 6.66. The van der Waals surface area contributed by atoms with Crippen LogP contribution in [-0.2, 0) is 0 Å². The first-order chi connectivity index (χ1) is 3.56. The SMILES string of the molecule is CC(C)(C)CN=[N+]=[N-]. The van der Waals surface area contributed by atoms with Crippen LogP contribution >= 0.6 is 0 Å². The number of nitrogens with zero attached hydrogens (tertiary/aromatic N) is 3. The van der Waals surface area contributed by atoms with E-state index < -0.39 is 0 Å². The Morgan fingerprint density at radius 1 is 1.50 bits per heavy atom. The summed E-state index contributed by atoms with van der Waals surface area (Å²) in [5.74, 6) is 0. The van der Waals surface area contributed by atoms with Gasteiger partial charge in [-0.25, -0.2) is 0 Å². The second-order valence-corrected chi connectivity index (χ2v) is 2.95. The van der Waals surface area contributed by atoms with Gasteiger partial charge in [0.05, 0.1) is 0 Å². The van der Waals surface area contributed by atoms with Crippen molar-refractivity contribution in [2.24, 2.45) is 10.5 Å². The lowest BCUT2D eigenvalue weighted by Crippen LogP contribution is -2.07. The van der Waals surface area contributed by atoms with Gasteiger partial charge in [-0.05, 0) is 10.9 Å². The Bertz CT molecular complexity index is 105. The molecule has 0 atom stereocenters. The number of hydrogen-bond acceptors (Lipinski definition) is 1. The van der Waals surface area contributed by atoms with E-state index in [-0.39, 0.29) is 5.41 Å². The van der Waals surface area contributed by atoms with Crippen molar-refractivity contribution in [3.8, 4) is 0 Å². The Labute approximate surface area is 49.3 Å². The zero-order valence-electron chi connectivity index (χ0n) is 5.55. The van der Waals surface area contributed by atoms with Crippen molar-refractivity contribution >= 4 is 0 Å². The van der Waals surface area contributed by atoms with Crippen LogP contribution in [-0.4, -0.2) is 6.54 Å². The van der Waals surface area contributed by atoms with Crippen LogP contribution in [0.2, 0.25) is 0 Å². The zero-order valence-corrected chi connectivity index (χ0v) is 5.55. The molecule has 0 N–H and O–H groups in total. The molecule has 0 aromatic rings. The highest BCUT2D eigenvalue weighted by molar-refractivity contribution is 4.64. The third-order valence-corrected chi connectivity index (χ3v) is 0.608. The average Bonchev–Trinajstić information content (AvgIpc) is 1.59. The largest absolute Gasteiger partial charge is 0.0934 e. The summed E-state index contributed by atoms with van der Waals surface area (Å²) >= 11 is 0. The van der Waals surface area contributed by atoms with Gasteiger partial charge in [-0.2, -0.15) is 0 Å². The summed E-state index contributed by atoms with van der Waals surface area (Å²) in [4.78, 5) is 2.65. The van der Waals surface area contributed by atoms with Crippen molar-refractivity contribution in [1.82, 2.24) is 0 Å². The molecule has 0 aliphatic rings. The summed E-state index contributed by atoms with van der Waals surface area (Å²) < 4.78 is 0. The Balaban J connectivity index is 3.55. The Hall–Kier alpha value is -0.690. The Morgan fingerprint density at radius 3 is 2.12 bits per heavy atom. The van der Waals surface area contributed by atoms with Gasteiger partial charge in [-0.3, -0.25) is 0 Å². The smallest absolute Gasteiger partial charge is 0.0306 e. The van der Waals surface area contributed by atoms with Gasteiger partial charge < -0.3 is 0 Å². The fourth-order valence-corrected chi connectivity index (χ4v) is 0.244. The second-order valence-electron chi connectivity index (χ2n) is 2.95. The second kappa shape index (κ2) is 2.58. The highest BCUT2D eigenvalue weighted by Gasteiger charge is 2.06. The fourth-order valence-electron chi connectivity index (χ4n) is 0.244. The maximum atomic E-state index is 7.89. The molecule has 0 aromatic carbocycles. The minimum atomic E-state index is 0.131. The van der Waals surface area contributed by atoms with Crippen LogP contribution < -0.4 is 0 Å². The van der Waals surface area contributed by atoms with Gasteiger partial charge in [-0.15, -0.1) is 0 Å². The van der Waals surface area contributed by atoms with Crippen molar-refractivity contribution in [2.45, 2.75) is 20.8 Å². The predicted octanol–water partition coefficient (Wildman–Crippen LogP) is 2.34. The van der Waals surface area contributed by atoms with Gasteiger partial charge in [0.15, 0.2) is 0 Å². The van der Waals surface area contributed by atoms with Gasteiger partial charge >= 0.3 is 0 Å². The molecule has 0 amide bonds. The molecule has 0 radical (unpaired) electrons. The van der Waals surface area contributed by atoms with E-state index in [2.05, 4.69) is 10.0 Å². The van der Waals surface area contributed by atoms with Crippen molar-refractivity contribution in [3.63, 3.8) is 0 Å². The molecule has 3 nitrogen and oxygen atoms in total. The van der Waals surface area contributed by atoms with Crippen molar-refractivity contribution in [1.29, 1.82) is 0 Å². The molecule has 0 heterocycles. The molecule has 0 aromatic heterocycles. The lowest BCUT2D eigenvalue weighted by molar-refractivity contribution is 0.427. The van der Waals surface area contributed by atoms with E-state index in [0.29, 0.717) is 6.54 Å². The van der Waals surface area contributed by atoms with Gasteiger partial charge in [-0.1, -0.05) is 25.9 Å². The monoisotopic (exact) mass is 113 g/mol. The molecule has 0 spiro atoms. The first-order valence-corrected chi connectivity index (χ1v) is 2.57. The molecule has 0 rings (SSSR count). The Kier molecular flexibility index (Phi) is 2.35. The standard InChI is InChI=1S/C5H11N3/c1-5(2,3)4-7-8-6/h4H2,1-3H3. The maximum Gasteiger partial charge on any atom is 0.0306 e. The first kappa shape index (κ1) is 7.31. The van der Waals surface area contributed by atoms with Crippen LogP contribution in [0.3, 0.4) is 0 Å². The van der Waals surface area contributed by atoms with E-state index in [1.165, 1.54) is 0 Å². The van der Waals surface area contributed by atoms with E-state index in [0.717, 1.165) is 0 Å². The van der Waals surface area contributed by atoms with Gasteiger partial charge in [0.25, 0.3) is 0 Å². The van der Waals surface area contributed by atoms with Crippen LogP contribution in [0.5, 0.6) is 0 Å². The zero-order chi connectivity index (χ0) is 6.62. The molecule has 3 heteroatoms. The maximum absolute atomic E-state index is 7.89. The van der Waals surface area contributed by atoms with E-state index in [1.54, 1.807) is 0 Å². The van der Waals surface area contributed by atoms with Crippen molar-refractivity contribution in [2.75, 3.05) is 6.54 Å². The van der Waals surface area contributed by atoms with Crippen molar-refractivity contribution < 1.29 is 0 Å². The third-order valence-electron chi connectivity index (χ3n) is 0.608. The van der Waals surface area contributed by atoms with Crippen LogP contribution in [0.25, 0.3) is 10.4 Å². The topological polar surface area (TPSA) is 48.8 Å². The fraction of sp³-hybridized carbons (Fsp3) is 1.00. The van der Waals surface area contributed by atoms with Gasteiger partial charge in [0, 0.05) is 11.5 Å². The quantitative estimate of drug-likeness (QED) is 0.285. The molecular formula is C5H11N3. The van der Waals surface area contributed by atoms with E-state index in [1.807, 2.05) is 20.8 Å². The van der Waals surface area contributed by atoms with Gasteiger partial charge in [0.1, 0.15) is 0 Å². The van der Waals surface area contributed by atoms with Crippen LogP contribution in [0.4, 0.5) is 0 Å². The minimum Gasteiger partial charge on any atom is -0.0934 e. The van der Waals surface area contributed by atoms with E-state index >= 15 is 0 Å². The first-order valence-electron chi connectivity index (χ1n) is 2.57. The molecule has 8 heavy (non-hydrogen) atoms. The lowest BCUT2D eigenvalue weighted by Gasteiger charge is -2.12. The molecule has 0 aliphatic heterocycles. The normalized spacial score (nSPS) is 10.4. The summed E-state index contributed by atoms with van der Waals surface area (Å²) in [5, 5.41) is 3.42. The summed E-state index contributed by atoms with van der Waals surface area (Å²) in [6, 6.07) is 0. The number of azide groups is 1. The number of rotatable bonds is 1. The summed E-state index contributed by atoms with van der Waals surface area (Å²) in [6.07, 6.45) is 0. The van der Waals surface area contributed by atoms with Crippen molar-refractivity contribution in [3.05, 3.63) is 10.4 Å². The van der Waals surface area contributed by atoms with Crippen LogP contribution in [0.15, 0.2) is 5.11 Å². The third kappa shape index (κ3) is 5.31. The lowest BCUT2D eigenvalue weighted by atomic mass is 9.98. The predicted molar refractivity (Wildman–Crippen MR) is 33.5 cm³/mol. The van der Waals surface area contributed by atoms with E-state index in [4.69, 9.17) is 5.53 Å². The molecule has 0 saturated carbocycles. The van der Waals surface area contributed by atoms with E-state index in [9.17, 15) is 0 Å². The Morgan fingerprint density at radius 2 is 2.00 bits per heavy atom. The molecular weight excluding hydrogens is 102 g/mol. The average molecular weight is 113 g/mol.